The lowest BCUT2D eigenvalue weighted by Gasteiger charge is -2.21. The van der Waals surface area contributed by atoms with Gasteiger partial charge in [0.1, 0.15) is 5.76 Å². The molecule has 0 saturated heterocycles. The zero-order chi connectivity index (χ0) is 22.9. The Labute approximate surface area is 184 Å². The molecule has 1 N–H and O–H groups in total. The molecule has 0 bridgehead atoms. The number of carbonyl (C=O) groups excluding carboxylic acids is 1. The van der Waals surface area contributed by atoms with Gasteiger partial charge >= 0.3 is 6.36 Å². The summed E-state index contributed by atoms with van der Waals surface area (Å²) in [6.07, 6.45) is -0.485. The minimum Gasteiger partial charge on any atom is -0.481 e. The Morgan fingerprint density at radius 1 is 1.28 bits per heavy atom. The average Bonchev–Trinajstić information content (AvgIpc) is 3.18. The molecule has 0 fully saturated rings. The molecule has 3 heterocycles. The van der Waals surface area contributed by atoms with Gasteiger partial charge in [-0.2, -0.15) is 0 Å². The van der Waals surface area contributed by atoms with E-state index in [1.165, 1.54) is 19.4 Å². The van der Waals surface area contributed by atoms with Crippen molar-refractivity contribution in [1.29, 1.82) is 0 Å². The number of pyridine rings is 2. The number of nitrogens with zero attached hydrogens (tertiary/aromatic N) is 3. The van der Waals surface area contributed by atoms with Crippen molar-refractivity contribution in [2.24, 2.45) is 0 Å². The summed E-state index contributed by atoms with van der Waals surface area (Å²) in [4.78, 5) is 24.7. The van der Waals surface area contributed by atoms with Crippen molar-refractivity contribution in [3.63, 3.8) is 0 Å². The van der Waals surface area contributed by atoms with Crippen LogP contribution in [0.2, 0.25) is 5.02 Å². The number of alkyl halides is 3. The molecule has 0 aliphatic heterocycles. The minimum absolute atomic E-state index is 0.0342. The van der Waals surface area contributed by atoms with Gasteiger partial charge in [-0.15, -0.1) is 13.2 Å². The predicted molar refractivity (Wildman–Crippen MR) is 105 cm³/mol. The Morgan fingerprint density at radius 3 is 2.84 bits per heavy atom. The number of methoxy groups -OCH3 is 1. The van der Waals surface area contributed by atoms with Crippen LogP contribution in [0.3, 0.4) is 0 Å². The summed E-state index contributed by atoms with van der Waals surface area (Å²) >= 11 is 6.23. The summed E-state index contributed by atoms with van der Waals surface area (Å²) in [7, 11) is 1.47. The number of fused-ring (bicyclic) bond motifs is 1. The quantitative estimate of drug-likeness (QED) is 0.588. The van der Waals surface area contributed by atoms with Crippen LogP contribution in [0, 0.1) is 0 Å². The number of ether oxygens (including phenoxy) is 2. The van der Waals surface area contributed by atoms with Crippen molar-refractivity contribution in [3.05, 3.63) is 52.6 Å². The Bertz CT molecular complexity index is 1150. The van der Waals surface area contributed by atoms with Crippen LogP contribution in [0.4, 0.5) is 13.2 Å². The van der Waals surface area contributed by atoms with Gasteiger partial charge in [0.15, 0.2) is 0 Å². The number of aromatic nitrogens is 3. The number of carbonyl (C=O) groups is 1. The first-order valence-corrected chi connectivity index (χ1v) is 9.83. The molecular weight excluding hydrogens is 453 g/mol. The van der Waals surface area contributed by atoms with E-state index in [4.69, 9.17) is 20.8 Å². The highest BCUT2D eigenvalue weighted by Crippen LogP contribution is 2.36. The maximum atomic E-state index is 12.7. The highest BCUT2D eigenvalue weighted by molar-refractivity contribution is 6.33. The first-order chi connectivity index (χ1) is 15.2. The largest absolute Gasteiger partial charge is 0.574 e. The molecular formula is C20H16ClF3N4O4. The topological polar surface area (TPSA) is 99.4 Å². The third-order valence-corrected chi connectivity index (χ3v) is 5.04. The first-order valence-electron chi connectivity index (χ1n) is 9.45. The lowest BCUT2D eigenvalue weighted by molar-refractivity contribution is -0.276. The van der Waals surface area contributed by atoms with Crippen LogP contribution in [0.5, 0.6) is 11.8 Å². The minimum atomic E-state index is -4.91. The molecule has 0 radical (unpaired) electrons. The Kier molecular flexibility index (Phi) is 5.92. The molecule has 0 unspecified atom stereocenters. The third kappa shape index (κ3) is 4.77. The number of hydrogen-bond acceptors (Lipinski definition) is 7. The van der Waals surface area contributed by atoms with Gasteiger partial charge in [-0.05, 0) is 25.3 Å². The van der Waals surface area contributed by atoms with Crippen molar-refractivity contribution in [2.45, 2.75) is 31.7 Å². The number of hydrogen-bond donors (Lipinski definition) is 1. The first kappa shape index (κ1) is 21.9. The molecule has 0 aromatic carbocycles. The fourth-order valence-electron chi connectivity index (χ4n) is 3.33. The molecule has 0 saturated carbocycles. The molecule has 1 amide bonds. The lowest BCUT2D eigenvalue weighted by atomic mass is 9.97. The Morgan fingerprint density at radius 2 is 2.09 bits per heavy atom. The smallest absolute Gasteiger partial charge is 0.481 e. The second kappa shape index (κ2) is 8.65. The molecule has 168 valence electrons. The van der Waals surface area contributed by atoms with E-state index in [2.05, 4.69) is 25.0 Å². The third-order valence-electron chi connectivity index (χ3n) is 4.74. The second-order valence-electron chi connectivity index (χ2n) is 6.89. The molecule has 12 heteroatoms. The highest BCUT2D eigenvalue weighted by Gasteiger charge is 2.32. The standard InChI is InChI=1S/C20H16ClF3N4O4/c1-30-15-8-11(12(21)9-26-15)19-28-14-4-2-3-13(17(14)31-19)27-18(29)10-5-6-25-16(7-10)32-20(22,23)24/h5-9,13H,2-4H2,1H3,(H,27,29)/t13-/m0/s1. The van der Waals surface area contributed by atoms with Gasteiger partial charge in [0.05, 0.1) is 35.6 Å². The van der Waals surface area contributed by atoms with Crippen LogP contribution in [-0.2, 0) is 6.42 Å². The molecule has 3 aromatic rings. The van der Waals surface area contributed by atoms with Gasteiger partial charge in [0.25, 0.3) is 5.91 Å². The zero-order valence-corrected chi connectivity index (χ0v) is 17.3. The Balaban J connectivity index is 1.57. The molecule has 4 rings (SSSR count). The molecule has 1 aliphatic rings. The molecule has 1 atom stereocenters. The fraction of sp³-hybridized carbons (Fsp3) is 0.300. The van der Waals surface area contributed by atoms with E-state index in [0.29, 0.717) is 40.8 Å². The number of oxazole rings is 1. The van der Waals surface area contributed by atoms with Crippen LogP contribution in [-0.4, -0.2) is 34.3 Å². The summed E-state index contributed by atoms with van der Waals surface area (Å²) in [5.74, 6) is -0.268. The van der Waals surface area contributed by atoms with Gasteiger partial charge in [-0.25, -0.2) is 15.0 Å². The highest BCUT2D eigenvalue weighted by atomic mass is 35.5. The van der Waals surface area contributed by atoms with Crippen LogP contribution >= 0.6 is 11.6 Å². The van der Waals surface area contributed by atoms with Crippen LogP contribution < -0.4 is 14.8 Å². The van der Waals surface area contributed by atoms with Gasteiger partial charge in [0, 0.05) is 23.9 Å². The molecule has 32 heavy (non-hydrogen) atoms. The summed E-state index contributed by atoms with van der Waals surface area (Å²) in [6.45, 7) is 0. The maximum Gasteiger partial charge on any atom is 0.574 e. The van der Waals surface area contributed by atoms with Gasteiger partial charge in [0.2, 0.25) is 17.7 Å². The van der Waals surface area contributed by atoms with Crippen molar-refractivity contribution in [1.82, 2.24) is 20.3 Å². The molecule has 8 nitrogen and oxygen atoms in total. The number of amides is 1. The van der Waals surface area contributed by atoms with E-state index >= 15 is 0 Å². The van der Waals surface area contributed by atoms with Crippen LogP contribution in [0.1, 0.15) is 40.7 Å². The van der Waals surface area contributed by atoms with E-state index in [0.717, 1.165) is 18.7 Å². The summed E-state index contributed by atoms with van der Waals surface area (Å²) in [5.41, 5.74) is 1.12. The van der Waals surface area contributed by atoms with Crippen molar-refractivity contribution >= 4 is 17.5 Å². The van der Waals surface area contributed by atoms with Crippen molar-refractivity contribution in [2.75, 3.05) is 7.11 Å². The second-order valence-corrected chi connectivity index (χ2v) is 7.29. The van der Waals surface area contributed by atoms with Crippen molar-refractivity contribution in [3.8, 4) is 23.2 Å². The van der Waals surface area contributed by atoms with E-state index in [1.807, 2.05) is 0 Å². The maximum absolute atomic E-state index is 12.7. The molecule has 3 aromatic heterocycles. The monoisotopic (exact) mass is 468 g/mol. The fourth-order valence-corrected chi connectivity index (χ4v) is 3.52. The van der Waals surface area contributed by atoms with E-state index in [-0.39, 0.29) is 11.5 Å². The number of rotatable bonds is 5. The Hall–Kier alpha value is -3.34. The van der Waals surface area contributed by atoms with E-state index in [1.54, 1.807) is 6.07 Å². The van der Waals surface area contributed by atoms with Crippen LogP contribution in [0.15, 0.2) is 35.0 Å². The SMILES string of the molecule is COc1cc(-c2nc3c(o2)[C@@H](NC(=O)c2ccnc(OC(F)(F)F)c2)CCC3)c(Cl)cn1. The molecule has 1 aliphatic carbocycles. The van der Waals surface area contributed by atoms with Crippen LogP contribution in [0.25, 0.3) is 11.5 Å². The normalized spacial score (nSPS) is 15.7. The average molecular weight is 469 g/mol. The number of aryl methyl sites for hydroxylation is 1. The summed E-state index contributed by atoms with van der Waals surface area (Å²) in [5, 5.41) is 3.09. The van der Waals surface area contributed by atoms with Gasteiger partial charge in [-0.3, -0.25) is 4.79 Å². The van der Waals surface area contributed by atoms with Gasteiger partial charge in [-0.1, -0.05) is 11.6 Å². The predicted octanol–water partition coefficient (Wildman–Crippen LogP) is 4.50. The lowest BCUT2D eigenvalue weighted by Crippen LogP contribution is -2.30. The van der Waals surface area contributed by atoms with E-state index in [9.17, 15) is 18.0 Å². The summed E-state index contributed by atoms with van der Waals surface area (Å²) in [6, 6.07) is 3.28. The van der Waals surface area contributed by atoms with Crippen molar-refractivity contribution < 1.29 is 31.9 Å². The van der Waals surface area contributed by atoms with Gasteiger partial charge < -0.3 is 19.2 Å². The van der Waals surface area contributed by atoms with E-state index < -0.39 is 24.2 Å². The zero-order valence-electron chi connectivity index (χ0n) is 16.6. The summed E-state index contributed by atoms with van der Waals surface area (Å²) < 4.78 is 52.1. The molecule has 0 spiro atoms. The number of nitrogens with one attached hydrogen (secondary N) is 1. The number of halogens is 4.